The van der Waals surface area contributed by atoms with Crippen molar-refractivity contribution in [3.05, 3.63) is 108 Å². The molecule has 8 nitrogen and oxygen atoms in total. The molecule has 202 valence electrons. The average molecular weight is 520 g/mol. The maximum atomic E-state index is 12.7. The van der Waals surface area contributed by atoms with Crippen molar-refractivity contribution in [3.8, 4) is 0 Å². The number of ether oxygens (including phenoxy) is 1. The second-order valence-corrected chi connectivity index (χ2v) is 10.2. The van der Waals surface area contributed by atoms with Gasteiger partial charge in [-0.15, -0.1) is 0 Å². The molecule has 3 aromatic rings. The van der Waals surface area contributed by atoms with Gasteiger partial charge in [0.15, 0.2) is 0 Å². The first-order chi connectivity index (χ1) is 18.1. The standard InChI is InChI=1S/C30H37N3O5/c1-30(2,3)33(29(36)37)32(20-24-15-9-5-10-16-24)21-27(34)26(19-23-13-7-4-8-14-23)31-28(35)38-22-25-17-11-6-12-18-25/h4-18,26-27,34H,19-22H2,1-3H3,(H,31,35)(H,36,37)/t26-,27-/m0/s1. The highest BCUT2D eigenvalue weighted by Gasteiger charge is 2.35. The van der Waals surface area contributed by atoms with E-state index in [1.165, 1.54) is 5.01 Å². The van der Waals surface area contributed by atoms with Crippen LogP contribution in [0.5, 0.6) is 0 Å². The van der Waals surface area contributed by atoms with Crippen LogP contribution in [0.25, 0.3) is 0 Å². The minimum atomic E-state index is -1.13. The molecule has 0 unspecified atom stereocenters. The van der Waals surface area contributed by atoms with E-state index in [0.29, 0.717) is 6.42 Å². The summed E-state index contributed by atoms with van der Waals surface area (Å²) < 4.78 is 5.41. The summed E-state index contributed by atoms with van der Waals surface area (Å²) in [6, 6.07) is 27.6. The number of carbonyl (C=O) groups is 2. The first kappa shape index (κ1) is 28.7. The number of benzene rings is 3. The van der Waals surface area contributed by atoms with Crippen molar-refractivity contribution < 1.29 is 24.5 Å². The molecule has 3 N–H and O–H groups in total. The zero-order chi connectivity index (χ0) is 27.5. The van der Waals surface area contributed by atoms with Crippen LogP contribution in [-0.2, 0) is 24.3 Å². The number of hydrogen-bond acceptors (Lipinski definition) is 5. The van der Waals surface area contributed by atoms with E-state index >= 15 is 0 Å². The molecule has 0 fully saturated rings. The van der Waals surface area contributed by atoms with Crippen LogP contribution in [-0.4, -0.2) is 56.6 Å². The van der Waals surface area contributed by atoms with Crippen molar-refractivity contribution >= 4 is 12.2 Å². The van der Waals surface area contributed by atoms with Gasteiger partial charge in [0, 0.05) is 13.1 Å². The van der Waals surface area contributed by atoms with Gasteiger partial charge in [-0.1, -0.05) is 91.0 Å². The van der Waals surface area contributed by atoms with Gasteiger partial charge in [-0.25, -0.2) is 19.6 Å². The lowest BCUT2D eigenvalue weighted by atomic mass is 10.0. The summed E-state index contributed by atoms with van der Waals surface area (Å²) in [5, 5.41) is 27.1. The number of nitrogens with one attached hydrogen (secondary N) is 1. The number of nitrogens with zero attached hydrogens (tertiary/aromatic N) is 2. The van der Waals surface area contributed by atoms with E-state index in [4.69, 9.17) is 4.74 Å². The number of carboxylic acid groups (broad SMARTS) is 1. The fourth-order valence-electron chi connectivity index (χ4n) is 4.25. The zero-order valence-electron chi connectivity index (χ0n) is 22.2. The second-order valence-electron chi connectivity index (χ2n) is 10.2. The van der Waals surface area contributed by atoms with E-state index in [2.05, 4.69) is 5.32 Å². The Hall–Kier alpha value is -3.88. The van der Waals surface area contributed by atoms with Crippen LogP contribution >= 0.6 is 0 Å². The molecule has 0 aromatic heterocycles. The summed E-state index contributed by atoms with van der Waals surface area (Å²) in [6.07, 6.45) is -2.55. The third kappa shape index (κ3) is 8.90. The fraction of sp³-hybridized carbons (Fsp3) is 0.333. The Morgan fingerprint density at radius 1 is 0.842 bits per heavy atom. The van der Waals surface area contributed by atoms with Crippen LogP contribution in [0.15, 0.2) is 91.0 Å². The maximum absolute atomic E-state index is 12.7. The first-order valence-corrected chi connectivity index (χ1v) is 12.6. The topological polar surface area (TPSA) is 102 Å². The molecule has 0 aliphatic heterocycles. The van der Waals surface area contributed by atoms with Crippen LogP contribution in [0.2, 0.25) is 0 Å². The minimum Gasteiger partial charge on any atom is -0.464 e. The van der Waals surface area contributed by atoms with Gasteiger partial charge in [-0.3, -0.25) is 0 Å². The largest absolute Gasteiger partial charge is 0.464 e. The van der Waals surface area contributed by atoms with E-state index in [1.807, 2.05) is 91.0 Å². The van der Waals surface area contributed by atoms with Crippen LogP contribution in [0.3, 0.4) is 0 Å². The van der Waals surface area contributed by atoms with Gasteiger partial charge in [0.2, 0.25) is 0 Å². The molecule has 2 atom stereocenters. The van der Waals surface area contributed by atoms with Crippen molar-refractivity contribution in [2.75, 3.05) is 6.54 Å². The molecule has 0 bridgehead atoms. The predicted molar refractivity (Wildman–Crippen MR) is 146 cm³/mol. The Labute approximate surface area is 224 Å². The molecule has 3 aromatic carbocycles. The smallest absolute Gasteiger partial charge is 0.422 e. The molecule has 0 saturated carbocycles. The Bertz CT molecular complexity index is 1140. The second kappa shape index (κ2) is 13.6. The van der Waals surface area contributed by atoms with E-state index in [-0.39, 0.29) is 19.7 Å². The normalized spacial score (nSPS) is 13.0. The molecule has 0 heterocycles. The molecule has 3 rings (SSSR count). The van der Waals surface area contributed by atoms with Crippen molar-refractivity contribution in [2.24, 2.45) is 0 Å². The first-order valence-electron chi connectivity index (χ1n) is 12.6. The zero-order valence-corrected chi connectivity index (χ0v) is 22.2. The number of rotatable bonds is 11. The summed E-state index contributed by atoms with van der Waals surface area (Å²) in [4.78, 5) is 25.1. The van der Waals surface area contributed by atoms with Gasteiger partial charge in [-0.05, 0) is 43.9 Å². The van der Waals surface area contributed by atoms with Crippen LogP contribution < -0.4 is 5.32 Å². The van der Waals surface area contributed by atoms with Crippen molar-refractivity contribution in [2.45, 2.75) is 58.0 Å². The van der Waals surface area contributed by atoms with E-state index in [9.17, 15) is 19.8 Å². The average Bonchev–Trinajstić information content (AvgIpc) is 2.88. The minimum absolute atomic E-state index is 0.0328. The highest BCUT2D eigenvalue weighted by atomic mass is 16.5. The summed E-state index contributed by atoms with van der Waals surface area (Å²) >= 11 is 0. The van der Waals surface area contributed by atoms with Gasteiger partial charge in [-0.2, -0.15) is 0 Å². The maximum Gasteiger partial charge on any atom is 0.422 e. The summed E-state index contributed by atoms with van der Waals surface area (Å²) in [6.45, 7) is 5.72. The van der Waals surface area contributed by atoms with Gasteiger partial charge in [0.1, 0.15) is 6.61 Å². The third-order valence-electron chi connectivity index (χ3n) is 5.98. The molecule has 38 heavy (non-hydrogen) atoms. The summed E-state index contributed by atoms with van der Waals surface area (Å²) in [5.74, 6) is 0. The van der Waals surface area contributed by atoms with Crippen molar-refractivity contribution in [1.29, 1.82) is 0 Å². The predicted octanol–water partition coefficient (Wildman–Crippen LogP) is 5.08. The lowest BCUT2D eigenvalue weighted by molar-refractivity contribution is -0.0941. The lowest BCUT2D eigenvalue weighted by Gasteiger charge is -2.43. The highest BCUT2D eigenvalue weighted by Crippen LogP contribution is 2.21. The SMILES string of the molecule is CC(C)(C)N(C(=O)O)N(Cc1ccccc1)C[C@H](O)[C@H](Cc1ccccc1)NC(=O)OCc1ccccc1. The Morgan fingerprint density at radius 3 is 1.84 bits per heavy atom. The summed E-state index contributed by atoms with van der Waals surface area (Å²) in [5.41, 5.74) is 1.89. The van der Waals surface area contributed by atoms with Gasteiger partial charge in [0.25, 0.3) is 0 Å². The number of amides is 2. The molecule has 0 saturated heterocycles. The van der Waals surface area contributed by atoms with E-state index in [1.54, 1.807) is 25.8 Å². The quantitative estimate of drug-likeness (QED) is 0.305. The Balaban J connectivity index is 1.81. The van der Waals surface area contributed by atoms with Gasteiger partial charge < -0.3 is 20.3 Å². The molecular weight excluding hydrogens is 482 g/mol. The Kier molecular flexibility index (Phi) is 10.3. The van der Waals surface area contributed by atoms with Crippen LogP contribution in [0, 0.1) is 0 Å². The van der Waals surface area contributed by atoms with Gasteiger partial charge in [0.05, 0.1) is 17.7 Å². The Morgan fingerprint density at radius 2 is 1.34 bits per heavy atom. The fourth-order valence-corrected chi connectivity index (χ4v) is 4.25. The molecule has 0 aliphatic rings. The number of aliphatic hydroxyl groups is 1. The summed E-state index contributed by atoms with van der Waals surface area (Å²) in [7, 11) is 0. The number of hydrazine groups is 1. The molecule has 0 radical (unpaired) electrons. The molecule has 8 heteroatoms. The molecular formula is C30H37N3O5. The number of aliphatic hydroxyl groups excluding tert-OH is 1. The number of alkyl carbamates (subject to hydrolysis) is 1. The molecule has 0 spiro atoms. The monoisotopic (exact) mass is 519 g/mol. The third-order valence-corrected chi connectivity index (χ3v) is 5.98. The van der Waals surface area contributed by atoms with Gasteiger partial charge >= 0.3 is 12.2 Å². The number of hydrogen-bond donors (Lipinski definition) is 3. The molecule has 0 aliphatic carbocycles. The van der Waals surface area contributed by atoms with Crippen LogP contribution in [0.1, 0.15) is 37.5 Å². The van der Waals surface area contributed by atoms with Crippen molar-refractivity contribution in [3.63, 3.8) is 0 Å². The van der Waals surface area contributed by atoms with E-state index < -0.39 is 29.9 Å². The highest BCUT2D eigenvalue weighted by molar-refractivity contribution is 5.68. The van der Waals surface area contributed by atoms with Crippen molar-refractivity contribution in [1.82, 2.24) is 15.3 Å². The number of carbonyl (C=O) groups excluding carboxylic acids is 1. The van der Waals surface area contributed by atoms with E-state index in [0.717, 1.165) is 16.7 Å². The lowest BCUT2D eigenvalue weighted by Crippen LogP contribution is -2.59. The van der Waals surface area contributed by atoms with Crippen LogP contribution in [0.4, 0.5) is 9.59 Å². The molecule has 2 amide bonds.